The van der Waals surface area contributed by atoms with Crippen molar-refractivity contribution >= 4 is 84.0 Å². The minimum Gasteiger partial charge on any atom is -0.313 e. The van der Waals surface area contributed by atoms with Crippen molar-refractivity contribution in [3.05, 3.63) is 229 Å². The predicted molar refractivity (Wildman–Crippen MR) is 261 cm³/mol. The molecule has 0 N–H and O–H groups in total. The fourth-order valence-electron chi connectivity index (χ4n) is 10.2. The van der Waals surface area contributed by atoms with E-state index >= 15 is 0 Å². The van der Waals surface area contributed by atoms with Crippen molar-refractivity contribution in [2.24, 2.45) is 0 Å². The Morgan fingerprint density at radius 3 is 1.48 bits per heavy atom. The summed E-state index contributed by atoms with van der Waals surface area (Å²) in [5, 5.41) is 12.3. The molecule has 0 radical (unpaired) electrons. The quantitative estimate of drug-likeness (QED) is 0.0711. The van der Waals surface area contributed by atoms with Crippen LogP contribution in [-0.2, 0) is 6.42 Å². The second kappa shape index (κ2) is 14.3. The molecule has 0 aliphatic heterocycles. The molecule has 9 aromatic carbocycles. The van der Waals surface area contributed by atoms with Gasteiger partial charge in [-0.3, -0.25) is 0 Å². The first kappa shape index (κ1) is 35.3. The molecule has 0 amide bonds. The molecule has 0 saturated carbocycles. The maximum Gasteiger partial charge on any atom is 0.230 e. The molecule has 12 rings (SSSR count). The molecule has 1 aliphatic rings. The van der Waals surface area contributed by atoms with Crippen LogP contribution in [0.15, 0.2) is 212 Å². The van der Waals surface area contributed by atoms with Crippen molar-refractivity contribution in [2.75, 3.05) is 0 Å². The van der Waals surface area contributed by atoms with E-state index in [-0.39, 0.29) is 0 Å². The molecule has 1 aliphatic carbocycles. The molecule has 3 heteroatoms. The maximum absolute atomic E-state index is 4.13. The van der Waals surface area contributed by atoms with Crippen molar-refractivity contribution in [3.8, 4) is 22.8 Å². The lowest BCUT2D eigenvalue weighted by molar-refractivity contribution is 0.889. The van der Waals surface area contributed by atoms with E-state index in [4.69, 9.17) is 0 Å². The summed E-state index contributed by atoms with van der Waals surface area (Å²) in [6.07, 6.45) is 6.70. The molecule has 11 aromatic rings. The molecule has 0 saturated heterocycles. The van der Waals surface area contributed by atoms with Crippen LogP contribution >= 0.6 is 0 Å². The van der Waals surface area contributed by atoms with E-state index in [1.165, 1.54) is 81.7 Å². The fraction of sp³-hybridized carbons (Fsp3) is 0.0345. The highest BCUT2D eigenvalue weighted by Gasteiger charge is 2.38. The normalized spacial score (nSPS) is 12.6. The maximum atomic E-state index is 4.13. The van der Waals surface area contributed by atoms with Crippen LogP contribution in [0.4, 0.5) is 0 Å². The summed E-state index contributed by atoms with van der Waals surface area (Å²) in [6.45, 7) is 0. The summed E-state index contributed by atoms with van der Waals surface area (Å²) >= 11 is 0. The van der Waals surface area contributed by atoms with Crippen LogP contribution < -0.4 is 15.6 Å². The first-order valence-electron chi connectivity index (χ1n) is 21.3. The number of hydrogen-bond donors (Lipinski definition) is 0. The molecular weight excluding hydrogens is 753 g/mol. The Morgan fingerprint density at radius 1 is 0.410 bits per heavy atom. The average Bonchev–Trinajstić information content (AvgIpc) is 3.85. The lowest BCUT2D eigenvalue weighted by Gasteiger charge is -2.28. The average molecular weight is 793 g/mol. The van der Waals surface area contributed by atoms with E-state index in [9.17, 15) is 0 Å². The van der Waals surface area contributed by atoms with Gasteiger partial charge in [-0.1, -0.05) is 200 Å². The van der Waals surface area contributed by atoms with Gasteiger partial charge in [-0.25, -0.2) is 0 Å². The zero-order valence-corrected chi connectivity index (χ0v) is 34.6. The molecule has 0 fully saturated rings. The third-order valence-electron chi connectivity index (χ3n) is 12.9. The third kappa shape index (κ3) is 5.43. The SMILES string of the molecule is C(#C[Si](c1ccccc1)(c1ccccc1)c1ccccc1)c1c2ccccc2c(-n2c3ccccc3c3ccc(-n4c5c(c6ccccc64)C=CCC5)cc32)c2ccccc12. The van der Waals surface area contributed by atoms with Crippen molar-refractivity contribution in [1.29, 1.82) is 0 Å². The Balaban J connectivity index is 1.16. The van der Waals surface area contributed by atoms with Crippen LogP contribution in [0.2, 0.25) is 0 Å². The minimum atomic E-state index is -2.86. The van der Waals surface area contributed by atoms with E-state index in [0.29, 0.717) is 0 Å². The van der Waals surface area contributed by atoms with Gasteiger partial charge in [0, 0.05) is 60.2 Å². The van der Waals surface area contributed by atoms with Gasteiger partial charge in [0.05, 0.1) is 22.2 Å². The number of hydrogen-bond acceptors (Lipinski definition) is 0. The number of benzene rings is 9. The lowest BCUT2D eigenvalue weighted by atomic mass is 9.95. The zero-order valence-electron chi connectivity index (χ0n) is 33.6. The van der Waals surface area contributed by atoms with Gasteiger partial charge in [0.25, 0.3) is 0 Å². The Labute approximate surface area is 356 Å². The summed E-state index contributed by atoms with van der Waals surface area (Å²) in [5.41, 5.74) is 13.9. The van der Waals surface area contributed by atoms with Crippen LogP contribution in [0, 0.1) is 11.5 Å². The summed E-state index contributed by atoms with van der Waals surface area (Å²) in [5.74, 6) is 3.98. The zero-order chi connectivity index (χ0) is 40.3. The highest BCUT2D eigenvalue weighted by atomic mass is 28.3. The highest BCUT2D eigenvalue weighted by molar-refractivity contribution is 7.16. The molecule has 2 heterocycles. The van der Waals surface area contributed by atoms with E-state index < -0.39 is 8.07 Å². The van der Waals surface area contributed by atoms with Gasteiger partial charge in [0.2, 0.25) is 8.07 Å². The molecular formula is C58H40N2Si. The smallest absolute Gasteiger partial charge is 0.230 e. The highest BCUT2D eigenvalue weighted by Crippen LogP contribution is 2.42. The van der Waals surface area contributed by atoms with Crippen LogP contribution in [0.3, 0.4) is 0 Å². The largest absolute Gasteiger partial charge is 0.313 e. The Morgan fingerprint density at radius 2 is 0.885 bits per heavy atom. The van der Waals surface area contributed by atoms with E-state index in [1.54, 1.807) is 0 Å². The number of para-hydroxylation sites is 2. The number of nitrogens with zero attached hydrogens (tertiary/aromatic N) is 2. The van der Waals surface area contributed by atoms with Gasteiger partial charge in [0.15, 0.2) is 0 Å². The van der Waals surface area contributed by atoms with Crippen molar-refractivity contribution in [1.82, 2.24) is 9.13 Å². The van der Waals surface area contributed by atoms with Gasteiger partial charge in [0.1, 0.15) is 0 Å². The van der Waals surface area contributed by atoms with Crippen LogP contribution in [0.25, 0.3) is 71.7 Å². The topological polar surface area (TPSA) is 9.86 Å². The first-order valence-corrected chi connectivity index (χ1v) is 23.3. The van der Waals surface area contributed by atoms with Crippen molar-refractivity contribution < 1.29 is 0 Å². The van der Waals surface area contributed by atoms with Gasteiger partial charge in [-0.15, -0.1) is 5.54 Å². The van der Waals surface area contributed by atoms with Crippen LogP contribution in [0.5, 0.6) is 0 Å². The summed E-state index contributed by atoms with van der Waals surface area (Å²) < 4.78 is 5.04. The van der Waals surface area contributed by atoms with Gasteiger partial charge in [-0.05, 0) is 52.7 Å². The number of fused-ring (bicyclic) bond motifs is 8. The van der Waals surface area contributed by atoms with E-state index in [1.807, 2.05) is 0 Å². The molecule has 2 aromatic heterocycles. The van der Waals surface area contributed by atoms with E-state index in [0.717, 1.165) is 29.2 Å². The van der Waals surface area contributed by atoms with E-state index in [2.05, 4.69) is 239 Å². The van der Waals surface area contributed by atoms with Gasteiger partial charge in [-0.2, -0.15) is 0 Å². The monoisotopic (exact) mass is 792 g/mol. The van der Waals surface area contributed by atoms with Gasteiger partial charge >= 0.3 is 0 Å². The molecule has 61 heavy (non-hydrogen) atoms. The number of rotatable bonds is 5. The Bertz CT molecular complexity index is 3430. The first-order chi connectivity index (χ1) is 30.3. The summed E-state index contributed by atoms with van der Waals surface area (Å²) in [4.78, 5) is 0. The molecule has 0 unspecified atom stereocenters. The fourth-order valence-corrected chi connectivity index (χ4v) is 14.0. The lowest BCUT2D eigenvalue weighted by Crippen LogP contribution is -2.66. The summed E-state index contributed by atoms with van der Waals surface area (Å²) in [6, 6.07) is 75.6. The molecule has 0 bridgehead atoms. The van der Waals surface area contributed by atoms with Crippen molar-refractivity contribution in [2.45, 2.75) is 12.8 Å². The van der Waals surface area contributed by atoms with Crippen LogP contribution in [0.1, 0.15) is 23.2 Å². The predicted octanol–water partition coefficient (Wildman–Crippen LogP) is 12.1. The standard InChI is InChI=1S/C58H40N2Si/c1-4-20-42(21-5-1)61(43-22-6-2-7-23-43,44-24-8-3-9-25-44)39-38-47-45-26-10-12-31-52(45)58(53-32-13-11-27-46(47)53)60-56-35-19-16-30-50(56)51-37-36-41(40-57(51)60)59-54-33-17-14-28-48(54)49-29-15-18-34-55(49)59/h1-17,19-33,35-37,40H,18,34H2. The Hall–Kier alpha value is -7.64. The van der Waals surface area contributed by atoms with Crippen LogP contribution in [-0.4, -0.2) is 17.2 Å². The second-order valence-corrected chi connectivity index (χ2v) is 19.6. The third-order valence-corrected chi connectivity index (χ3v) is 17.0. The second-order valence-electron chi connectivity index (χ2n) is 16.1. The van der Waals surface area contributed by atoms with Gasteiger partial charge < -0.3 is 9.13 Å². The number of allylic oxidation sites excluding steroid dienone is 1. The molecule has 286 valence electrons. The molecule has 2 nitrogen and oxygen atoms in total. The Kier molecular flexibility index (Phi) is 8.26. The minimum absolute atomic E-state index is 1.02. The van der Waals surface area contributed by atoms with Crippen molar-refractivity contribution in [3.63, 3.8) is 0 Å². The molecule has 0 spiro atoms. The summed E-state index contributed by atoms with van der Waals surface area (Å²) in [7, 11) is -2.86. The molecule has 0 atom stereocenters. The number of aromatic nitrogens is 2.